The van der Waals surface area contributed by atoms with Crippen molar-refractivity contribution in [3.8, 4) is 11.5 Å². The molecular formula is C16H24BrNO2. The third-order valence-corrected chi connectivity index (χ3v) is 4.08. The topological polar surface area (TPSA) is 30.5 Å². The van der Waals surface area contributed by atoms with E-state index in [1.165, 1.54) is 18.4 Å². The maximum absolute atomic E-state index is 5.74. The number of halogens is 1. The molecule has 0 saturated heterocycles. The average molecular weight is 342 g/mol. The van der Waals surface area contributed by atoms with Gasteiger partial charge in [-0.1, -0.05) is 29.8 Å². The van der Waals surface area contributed by atoms with Crippen LogP contribution in [0.15, 0.2) is 16.6 Å². The van der Waals surface area contributed by atoms with Gasteiger partial charge in [-0.15, -0.1) is 0 Å². The zero-order chi connectivity index (χ0) is 14.4. The summed E-state index contributed by atoms with van der Waals surface area (Å²) in [5, 5.41) is 3.45. The highest BCUT2D eigenvalue weighted by atomic mass is 79.9. The number of aryl methyl sites for hydroxylation is 1. The molecular weight excluding hydrogens is 318 g/mol. The summed E-state index contributed by atoms with van der Waals surface area (Å²) >= 11 is 3.64. The maximum atomic E-state index is 5.74. The molecule has 1 aromatic carbocycles. The van der Waals surface area contributed by atoms with E-state index in [1.807, 2.05) is 6.07 Å². The van der Waals surface area contributed by atoms with Crippen molar-refractivity contribution >= 4 is 15.9 Å². The van der Waals surface area contributed by atoms with Crippen molar-refractivity contribution in [2.45, 2.75) is 45.6 Å². The van der Waals surface area contributed by atoms with Crippen LogP contribution in [0.4, 0.5) is 0 Å². The third-order valence-electron chi connectivity index (χ3n) is 3.34. The van der Waals surface area contributed by atoms with Crippen LogP contribution in [-0.2, 0) is 6.42 Å². The van der Waals surface area contributed by atoms with Gasteiger partial charge in [-0.05, 0) is 43.5 Å². The van der Waals surface area contributed by atoms with E-state index in [0.717, 1.165) is 48.6 Å². The van der Waals surface area contributed by atoms with Gasteiger partial charge in [-0.25, -0.2) is 0 Å². The van der Waals surface area contributed by atoms with E-state index in [9.17, 15) is 0 Å². The number of rotatable bonds is 6. The zero-order valence-electron chi connectivity index (χ0n) is 12.4. The molecule has 0 fully saturated rings. The van der Waals surface area contributed by atoms with Crippen molar-refractivity contribution in [1.82, 2.24) is 5.32 Å². The molecule has 20 heavy (non-hydrogen) atoms. The lowest BCUT2D eigenvalue weighted by atomic mass is 10.1. The molecule has 2 rings (SSSR count). The Kier molecular flexibility index (Phi) is 6.17. The minimum Gasteiger partial charge on any atom is -0.490 e. The summed E-state index contributed by atoms with van der Waals surface area (Å²) in [7, 11) is 0. The summed E-state index contributed by atoms with van der Waals surface area (Å²) in [6, 6.07) is 4.74. The molecule has 0 spiro atoms. The highest BCUT2D eigenvalue weighted by Gasteiger charge is 2.13. The molecule has 0 radical (unpaired) electrons. The third kappa shape index (κ3) is 4.67. The molecule has 1 aromatic rings. The van der Waals surface area contributed by atoms with Crippen LogP contribution in [0.5, 0.6) is 11.5 Å². The normalized spacial score (nSPS) is 14.4. The smallest absolute Gasteiger partial charge is 0.162 e. The van der Waals surface area contributed by atoms with Crippen LogP contribution in [0.2, 0.25) is 0 Å². The molecule has 0 aliphatic carbocycles. The summed E-state index contributed by atoms with van der Waals surface area (Å²) < 4.78 is 12.6. The predicted molar refractivity (Wildman–Crippen MR) is 85.8 cm³/mol. The number of hydrogen-bond donors (Lipinski definition) is 1. The first-order valence-corrected chi connectivity index (χ1v) is 8.27. The van der Waals surface area contributed by atoms with E-state index in [0.29, 0.717) is 6.04 Å². The summed E-state index contributed by atoms with van der Waals surface area (Å²) in [5.74, 6) is 1.75. The number of nitrogens with one attached hydrogen (secondary N) is 1. The molecule has 4 heteroatoms. The van der Waals surface area contributed by atoms with Crippen LogP contribution < -0.4 is 14.8 Å². The SMILES string of the molecule is CC(C)NCCCCc1cc2c(cc1Br)OCCCO2. The fourth-order valence-corrected chi connectivity index (χ4v) is 2.77. The Balaban J connectivity index is 1.89. The summed E-state index contributed by atoms with van der Waals surface area (Å²) in [4.78, 5) is 0. The van der Waals surface area contributed by atoms with E-state index < -0.39 is 0 Å². The van der Waals surface area contributed by atoms with Crippen molar-refractivity contribution in [2.75, 3.05) is 19.8 Å². The van der Waals surface area contributed by atoms with E-state index in [2.05, 4.69) is 41.2 Å². The van der Waals surface area contributed by atoms with Crippen LogP contribution in [0, 0.1) is 0 Å². The van der Waals surface area contributed by atoms with Gasteiger partial charge >= 0.3 is 0 Å². The molecule has 1 N–H and O–H groups in total. The first kappa shape index (κ1) is 15.6. The molecule has 1 heterocycles. The van der Waals surface area contributed by atoms with Crippen LogP contribution in [0.1, 0.15) is 38.7 Å². The van der Waals surface area contributed by atoms with Crippen molar-refractivity contribution in [2.24, 2.45) is 0 Å². The fourth-order valence-electron chi connectivity index (χ4n) is 2.25. The standard InChI is InChI=1S/C16H24BrNO2/c1-12(2)18-7-4-3-6-13-10-15-16(11-14(13)17)20-9-5-8-19-15/h10-12,18H,3-9H2,1-2H3. The molecule has 112 valence electrons. The number of ether oxygens (including phenoxy) is 2. The molecule has 1 aliphatic heterocycles. The number of hydrogen-bond acceptors (Lipinski definition) is 3. The minimum absolute atomic E-state index is 0.569. The van der Waals surface area contributed by atoms with Gasteiger partial charge in [-0.2, -0.15) is 0 Å². The maximum Gasteiger partial charge on any atom is 0.162 e. The molecule has 0 saturated carbocycles. The Labute approximate surface area is 130 Å². The molecule has 0 aromatic heterocycles. The number of unbranched alkanes of at least 4 members (excludes halogenated alkanes) is 1. The van der Waals surface area contributed by atoms with E-state index >= 15 is 0 Å². The minimum atomic E-state index is 0.569. The Morgan fingerprint density at radius 1 is 1.15 bits per heavy atom. The molecule has 0 atom stereocenters. The second-order valence-corrected chi connectivity index (χ2v) is 6.36. The van der Waals surface area contributed by atoms with Gasteiger partial charge in [0.05, 0.1) is 13.2 Å². The van der Waals surface area contributed by atoms with Crippen LogP contribution in [0.3, 0.4) is 0 Å². The highest BCUT2D eigenvalue weighted by molar-refractivity contribution is 9.10. The fraction of sp³-hybridized carbons (Fsp3) is 0.625. The van der Waals surface area contributed by atoms with E-state index in [-0.39, 0.29) is 0 Å². The second kappa shape index (κ2) is 7.89. The van der Waals surface area contributed by atoms with Gasteiger partial charge in [0.15, 0.2) is 11.5 Å². The van der Waals surface area contributed by atoms with Gasteiger partial charge in [0, 0.05) is 16.9 Å². The van der Waals surface area contributed by atoms with E-state index in [4.69, 9.17) is 9.47 Å². The van der Waals surface area contributed by atoms with Gasteiger partial charge in [0.1, 0.15) is 0 Å². The summed E-state index contributed by atoms with van der Waals surface area (Å²) in [6.07, 6.45) is 4.39. The molecule has 0 unspecified atom stereocenters. The van der Waals surface area contributed by atoms with Crippen molar-refractivity contribution in [3.05, 3.63) is 22.2 Å². The van der Waals surface area contributed by atoms with E-state index in [1.54, 1.807) is 0 Å². The lowest BCUT2D eigenvalue weighted by molar-refractivity contribution is 0.297. The Hall–Kier alpha value is -0.740. The first-order valence-electron chi connectivity index (χ1n) is 7.48. The van der Waals surface area contributed by atoms with Gasteiger partial charge in [0.2, 0.25) is 0 Å². The van der Waals surface area contributed by atoms with Crippen molar-refractivity contribution in [1.29, 1.82) is 0 Å². The summed E-state index contributed by atoms with van der Waals surface area (Å²) in [5.41, 5.74) is 1.30. The van der Waals surface area contributed by atoms with Gasteiger partial charge in [0.25, 0.3) is 0 Å². The molecule has 0 bridgehead atoms. The lowest BCUT2D eigenvalue weighted by Crippen LogP contribution is -2.23. The first-order chi connectivity index (χ1) is 9.66. The van der Waals surface area contributed by atoms with Crippen molar-refractivity contribution in [3.63, 3.8) is 0 Å². The quantitative estimate of drug-likeness (QED) is 0.795. The average Bonchev–Trinajstić information content (AvgIpc) is 2.63. The second-order valence-electron chi connectivity index (χ2n) is 5.51. The largest absolute Gasteiger partial charge is 0.490 e. The predicted octanol–water partition coefficient (Wildman–Crippen LogP) is 3.93. The van der Waals surface area contributed by atoms with Gasteiger partial charge < -0.3 is 14.8 Å². The lowest BCUT2D eigenvalue weighted by Gasteiger charge is -2.12. The molecule has 3 nitrogen and oxygen atoms in total. The highest BCUT2D eigenvalue weighted by Crippen LogP contribution is 2.35. The van der Waals surface area contributed by atoms with Crippen LogP contribution >= 0.6 is 15.9 Å². The summed E-state index contributed by atoms with van der Waals surface area (Å²) in [6.45, 7) is 6.92. The van der Waals surface area contributed by atoms with Crippen LogP contribution in [-0.4, -0.2) is 25.8 Å². The Morgan fingerprint density at radius 2 is 1.85 bits per heavy atom. The number of benzene rings is 1. The Bertz CT molecular complexity index is 435. The molecule has 1 aliphatic rings. The van der Waals surface area contributed by atoms with Crippen LogP contribution in [0.25, 0.3) is 0 Å². The zero-order valence-corrected chi connectivity index (χ0v) is 14.0. The monoisotopic (exact) mass is 341 g/mol. The number of fused-ring (bicyclic) bond motifs is 1. The van der Waals surface area contributed by atoms with Crippen molar-refractivity contribution < 1.29 is 9.47 Å². The Morgan fingerprint density at radius 3 is 2.55 bits per heavy atom. The van der Waals surface area contributed by atoms with Gasteiger partial charge in [-0.3, -0.25) is 0 Å². The molecule has 0 amide bonds.